The first kappa shape index (κ1) is 17.7. The Morgan fingerprint density at radius 3 is 2.65 bits per heavy atom. The van der Waals surface area contributed by atoms with Crippen molar-refractivity contribution in [2.75, 3.05) is 11.9 Å². The average Bonchev–Trinajstić information content (AvgIpc) is 2.92. The van der Waals surface area contributed by atoms with Crippen LogP contribution in [0.3, 0.4) is 0 Å². The molecule has 124 valence electrons. The Labute approximate surface area is 147 Å². The van der Waals surface area contributed by atoms with E-state index in [1.807, 2.05) is 29.9 Å². The fourth-order valence-electron chi connectivity index (χ4n) is 2.23. The largest absolute Gasteiger partial charge is 0.353 e. The van der Waals surface area contributed by atoms with E-state index < -0.39 is 0 Å². The minimum atomic E-state index is -0.141. The van der Waals surface area contributed by atoms with Crippen LogP contribution in [0.5, 0.6) is 0 Å². The van der Waals surface area contributed by atoms with Crippen LogP contribution in [0.4, 0.5) is 10.5 Å². The first-order valence-corrected chi connectivity index (χ1v) is 8.38. The zero-order chi connectivity index (χ0) is 16.8. The van der Waals surface area contributed by atoms with Gasteiger partial charge in [0.2, 0.25) is 0 Å². The minimum absolute atomic E-state index is 0.141. The van der Waals surface area contributed by atoms with Crippen LogP contribution in [0.25, 0.3) is 0 Å². The van der Waals surface area contributed by atoms with E-state index in [9.17, 15) is 4.79 Å². The van der Waals surface area contributed by atoms with Crippen LogP contribution < -0.4 is 5.32 Å². The maximum Gasteiger partial charge on any atom is 0.322 e. The lowest BCUT2D eigenvalue weighted by Crippen LogP contribution is -2.35. The molecule has 0 fully saturated rings. The topological polar surface area (TPSA) is 37.3 Å². The summed E-state index contributed by atoms with van der Waals surface area (Å²) in [6.07, 6.45) is 3.97. The first-order valence-electron chi connectivity index (χ1n) is 7.62. The molecule has 0 bridgehead atoms. The molecular weight excluding hydrogens is 333 g/mol. The first-order chi connectivity index (χ1) is 11.0. The van der Waals surface area contributed by atoms with Gasteiger partial charge in [-0.2, -0.15) is 0 Å². The smallest absolute Gasteiger partial charge is 0.322 e. The van der Waals surface area contributed by atoms with Crippen LogP contribution in [0.15, 0.2) is 36.5 Å². The molecule has 0 spiro atoms. The van der Waals surface area contributed by atoms with E-state index in [4.69, 9.17) is 23.2 Å². The molecule has 1 aromatic heterocycles. The lowest BCUT2D eigenvalue weighted by atomic mass is 10.3. The second-order valence-corrected chi connectivity index (χ2v) is 6.26. The van der Waals surface area contributed by atoms with Crippen LogP contribution in [-0.4, -0.2) is 22.0 Å². The monoisotopic (exact) mass is 353 g/mol. The molecule has 1 heterocycles. The van der Waals surface area contributed by atoms with Gasteiger partial charge >= 0.3 is 6.03 Å². The molecule has 23 heavy (non-hydrogen) atoms. The van der Waals surface area contributed by atoms with Crippen molar-refractivity contribution in [3.63, 3.8) is 0 Å². The van der Waals surface area contributed by atoms with Crippen molar-refractivity contribution in [3.05, 3.63) is 52.3 Å². The predicted molar refractivity (Wildman–Crippen MR) is 96.2 cm³/mol. The highest BCUT2D eigenvalue weighted by molar-refractivity contribution is 6.42. The van der Waals surface area contributed by atoms with Gasteiger partial charge in [0.1, 0.15) is 0 Å². The fourth-order valence-corrected chi connectivity index (χ4v) is 2.53. The van der Waals surface area contributed by atoms with Gasteiger partial charge in [-0.1, -0.05) is 36.5 Å². The van der Waals surface area contributed by atoms with Crippen LogP contribution in [0.1, 0.15) is 25.5 Å². The van der Waals surface area contributed by atoms with Crippen molar-refractivity contribution in [2.45, 2.75) is 26.3 Å². The summed E-state index contributed by atoms with van der Waals surface area (Å²) in [5, 5.41) is 3.78. The molecule has 6 heteroatoms. The zero-order valence-electron chi connectivity index (χ0n) is 13.4. The molecule has 2 aromatic rings. The normalized spacial score (nSPS) is 10.6. The molecule has 0 aliphatic carbocycles. The van der Waals surface area contributed by atoms with Gasteiger partial charge in [-0.05, 0) is 36.8 Å². The van der Waals surface area contributed by atoms with E-state index in [0.29, 0.717) is 28.8 Å². The maximum absolute atomic E-state index is 12.6. The number of urea groups is 1. The Kier molecular flexibility index (Phi) is 6.37. The van der Waals surface area contributed by atoms with Gasteiger partial charge in [0.15, 0.2) is 0 Å². The molecule has 0 aliphatic heterocycles. The highest BCUT2D eigenvalue weighted by Crippen LogP contribution is 2.25. The number of benzene rings is 1. The Morgan fingerprint density at radius 1 is 1.26 bits per heavy atom. The molecule has 0 atom stereocenters. The number of carbonyl (C=O) groups excluding carboxylic acids is 1. The number of rotatable bonds is 6. The number of nitrogens with one attached hydrogen (secondary N) is 1. The molecule has 1 aromatic carbocycles. The Morgan fingerprint density at radius 2 is 2.04 bits per heavy atom. The summed E-state index contributed by atoms with van der Waals surface area (Å²) in [7, 11) is 1.98. The van der Waals surface area contributed by atoms with Crippen molar-refractivity contribution < 1.29 is 4.79 Å². The lowest BCUT2D eigenvalue weighted by molar-refractivity contribution is 0.207. The zero-order valence-corrected chi connectivity index (χ0v) is 14.9. The van der Waals surface area contributed by atoms with Crippen molar-refractivity contribution in [2.24, 2.45) is 7.05 Å². The van der Waals surface area contributed by atoms with Crippen molar-refractivity contribution in [1.82, 2.24) is 9.47 Å². The molecule has 0 aliphatic rings. The van der Waals surface area contributed by atoms with Gasteiger partial charge in [0, 0.05) is 31.2 Å². The SMILES string of the molecule is CCCCN(Cc1cccn1C)C(=O)Nc1ccc(Cl)c(Cl)c1. The second-order valence-electron chi connectivity index (χ2n) is 5.44. The van der Waals surface area contributed by atoms with E-state index in [1.165, 1.54) is 0 Å². The van der Waals surface area contributed by atoms with E-state index in [-0.39, 0.29) is 6.03 Å². The number of nitrogens with zero attached hydrogens (tertiary/aromatic N) is 2. The van der Waals surface area contributed by atoms with Gasteiger partial charge in [-0.25, -0.2) is 4.79 Å². The van der Waals surface area contributed by atoms with Crippen LogP contribution in [-0.2, 0) is 13.6 Å². The molecule has 2 rings (SSSR count). The third-order valence-corrected chi connectivity index (χ3v) is 4.38. The Hall–Kier alpha value is -1.65. The molecule has 0 saturated carbocycles. The average molecular weight is 354 g/mol. The fraction of sp³-hybridized carbons (Fsp3) is 0.353. The summed E-state index contributed by atoms with van der Waals surface area (Å²) in [5.41, 5.74) is 1.73. The Bertz CT molecular complexity index is 670. The highest BCUT2D eigenvalue weighted by atomic mass is 35.5. The number of hydrogen-bond acceptors (Lipinski definition) is 1. The molecule has 2 amide bonds. The van der Waals surface area contributed by atoms with Crippen LogP contribution in [0, 0.1) is 0 Å². The standard InChI is InChI=1S/C17H21Cl2N3O/c1-3-4-10-22(12-14-6-5-9-21(14)2)17(23)20-13-7-8-15(18)16(19)11-13/h5-9,11H,3-4,10,12H2,1-2H3,(H,20,23). The number of carbonyl (C=O) groups is 1. The summed E-state index contributed by atoms with van der Waals surface area (Å²) in [6, 6.07) is 8.93. The number of aromatic nitrogens is 1. The Balaban J connectivity index is 2.09. The third kappa shape index (κ3) is 4.91. The number of amides is 2. The number of halogens is 2. The number of aryl methyl sites for hydroxylation is 1. The van der Waals surface area contributed by atoms with Crippen molar-refractivity contribution in [3.8, 4) is 0 Å². The lowest BCUT2D eigenvalue weighted by Gasteiger charge is -2.23. The quantitative estimate of drug-likeness (QED) is 0.764. The van der Waals surface area contributed by atoms with Gasteiger partial charge in [-0.15, -0.1) is 0 Å². The van der Waals surface area contributed by atoms with Crippen LogP contribution >= 0.6 is 23.2 Å². The van der Waals surface area contributed by atoms with Crippen molar-refractivity contribution in [1.29, 1.82) is 0 Å². The van der Waals surface area contributed by atoms with Crippen molar-refractivity contribution >= 4 is 34.9 Å². The molecule has 0 saturated heterocycles. The van der Waals surface area contributed by atoms with Gasteiger partial charge < -0.3 is 14.8 Å². The third-order valence-electron chi connectivity index (χ3n) is 3.64. The molecule has 1 N–H and O–H groups in total. The molecule has 0 unspecified atom stereocenters. The summed E-state index contributed by atoms with van der Waals surface area (Å²) < 4.78 is 2.02. The number of hydrogen-bond donors (Lipinski definition) is 1. The summed E-state index contributed by atoms with van der Waals surface area (Å²) in [5.74, 6) is 0. The maximum atomic E-state index is 12.6. The van der Waals surface area contributed by atoms with E-state index in [1.54, 1.807) is 23.1 Å². The van der Waals surface area contributed by atoms with E-state index in [2.05, 4.69) is 12.2 Å². The molecular formula is C17H21Cl2N3O. The summed E-state index contributed by atoms with van der Waals surface area (Å²) >= 11 is 11.9. The van der Waals surface area contributed by atoms with E-state index >= 15 is 0 Å². The van der Waals surface area contributed by atoms with Crippen LogP contribution in [0.2, 0.25) is 10.0 Å². The number of anilines is 1. The molecule has 0 radical (unpaired) electrons. The summed E-state index contributed by atoms with van der Waals surface area (Å²) in [4.78, 5) is 14.4. The number of unbranched alkanes of at least 4 members (excludes halogenated alkanes) is 1. The van der Waals surface area contributed by atoms with Gasteiger partial charge in [-0.3, -0.25) is 0 Å². The predicted octanol–water partition coefficient (Wildman–Crippen LogP) is 5.17. The molecule has 4 nitrogen and oxygen atoms in total. The minimum Gasteiger partial charge on any atom is -0.353 e. The highest BCUT2D eigenvalue weighted by Gasteiger charge is 2.15. The summed E-state index contributed by atoms with van der Waals surface area (Å²) in [6.45, 7) is 3.38. The second kappa shape index (κ2) is 8.27. The van der Waals surface area contributed by atoms with Gasteiger partial charge in [0.25, 0.3) is 0 Å². The van der Waals surface area contributed by atoms with Gasteiger partial charge in [0.05, 0.1) is 16.6 Å². The van der Waals surface area contributed by atoms with E-state index in [0.717, 1.165) is 18.5 Å².